The molecule has 2 unspecified atom stereocenters. The predicted octanol–water partition coefficient (Wildman–Crippen LogP) is 7.60. The zero-order chi connectivity index (χ0) is 27.0. The fourth-order valence-corrected chi connectivity index (χ4v) is 4.17. The molecule has 0 fully saturated rings. The van der Waals surface area contributed by atoms with Gasteiger partial charge in [0.15, 0.2) is 11.9 Å². The number of allylic oxidation sites excluding steroid dienone is 1. The Morgan fingerprint density at radius 1 is 1.06 bits per heavy atom. The van der Waals surface area contributed by atoms with Gasteiger partial charge in [-0.25, -0.2) is 9.18 Å². The summed E-state index contributed by atoms with van der Waals surface area (Å²) in [6, 6.07) is 8.07. The molecule has 1 heterocycles. The molecule has 0 saturated carbocycles. The highest BCUT2D eigenvalue weighted by molar-refractivity contribution is 6.35. The molecule has 192 valence electrons. The molecule has 0 aliphatic heterocycles. The van der Waals surface area contributed by atoms with Gasteiger partial charge in [0.1, 0.15) is 0 Å². The van der Waals surface area contributed by atoms with Crippen molar-refractivity contribution in [3.05, 3.63) is 75.7 Å². The molecule has 11 heteroatoms. The number of carbonyl (C=O) groups excluding carboxylic acids is 2. The number of hydrogen-bond donors (Lipinski definition) is 1. The molecule has 1 amide bonds. The Balaban J connectivity index is 1.95. The summed E-state index contributed by atoms with van der Waals surface area (Å²) in [7, 11) is 0. The number of alkyl halides is 3. The van der Waals surface area contributed by atoms with Crippen molar-refractivity contribution < 1.29 is 31.9 Å². The van der Waals surface area contributed by atoms with Crippen LogP contribution < -0.4 is 5.73 Å². The third-order valence-electron chi connectivity index (χ3n) is 5.40. The number of nitrogens with zero attached hydrogens (tertiary/aromatic N) is 1. The minimum Gasteiger partial charge on any atom is -0.436 e. The van der Waals surface area contributed by atoms with Gasteiger partial charge >= 0.3 is 12.3 Å². The lowest BCUT2D eigenvalue weighted by Crippen LogP contribution is -2.42. The zero-order valence-corrected chi connectivity index (χ0v) is 20.9. The molecule has 0 saturated heterocycles. The maximum Gasteiger partial charge on any atom is 0.405 e. The standard InChI is InChI=1S/C25H22Cl2F4N2O3/c1-24(2,3)21(36-23(32)35)22(34)33-9-8-14-10-13(5-7-19(14)33)4-6-16(25(29,30)31)15-11-17(26)20(28)18(27)12-15/h4-12,16,21H,1-3H3,(H2,32,35)/b6-4+. The molecule has 5 nitrogen and oxygen atoms in total. The Bertz CT molecular complexity index is 1320. The summed E-state index contributed by atoms with van der Waals surface area (Å²) in [5.41, 5.74) is 4.95. The quantitative estimate of drug-likeness (QED) is 0.265. The number of rotatable bonds is 5. The second kappa shape index (κ2) is 10.1. The number of nitrogens with two attached hydrogens (primary N) is 1. The summed E-state index contributed by atoms with van der Waals surface area (Å²) in [6.45, 7) is 5.14. The summed E-state index contributed by atoms with van der Waals surface area (Å²) in [6.07, 6.45) is -3.29. The van der Waals surface area contributed by atoms with Crippen LogP contribution in [0.2, 0.25) is 10.0 Å². The lowest BCUT2D eigenvalue weighted by molar-refractivity contribution is -0.139. The number of fused-ring (bicyclic) bond motifs is 1. The van der Waals surface area contributed by atoms with Gasteiger partial charge in [0.25, 0.3) is 5.91 Å². The average Bonchev–Trinajstić information content (AvgIpc) is 3.17. The van der Waals surface area contributed by atoms with E-state index in [1.54, 1.807) is 39.0 Å². The van der Waals surface area contributed by atoms with Crippen LogP contribution in [-0.2, 0) is 4.74 Å². The highest BCUT2D eigenvalue weighted by Crippen LogP contribution is 2.39. The second-order valence-corrected chi connectivity index (χ2v) is 10.0. The molecule has 3 rings (SSSR count). The molecule has 2 atom stereocenters. The smallest absolute Gasteiger partial charge is 0.405 e. The summed E-state index contributed by atoms with van der Waals surface area (Å²) >= 11 is 11.4. The van der Waals surface area contributed by atoms with Crippen LogP contribution in [-0.4, -0.2) is 28.8 Å². The van der Waals surface area contributed by atoms with Crippen LogP contribution in [0.5, 0.6) is 0 Å². The van der Waals surface area contributed by atoms with Crippen LogP contribution in [0.3, 0.4) is 0 Å². The first-order valence-corrected chi connectivity index (χ1v) is 11.4. The Labute approximate surface area is 214 Å². The molecule has 2 aromatic carbocycles. The Morgan fingerprint density at radius 2 is 1.67 bits per heavy atom. The van der Waals surface area contributed by atoms with Crippen LogP contribution in [0.25, 0.3) is 17.0 Å². The fourth-order valence-electron chi connectivity index (χ4n) is 3.67. The van der Waals surface area contributed by atoms with E-state index in [9.17, 15) is 27.2 Å². The van der Waals surface area contributed by atoms with Crippen LogP contribution in [0.4, 0.5) is 22.4 Å². The average molecular weight is 545 g/mol. The molecule has 0 radical (unpaired) electrons. The molecule has 0 bridgehead atoms. The molecule has 0 aliphatic rings. The molecule has 2 N–H and O–H groups in total. The van der Waals surface area contributed by atoms with E-state index in [0.717, 1.165) is 18.2 Å². The monoisotopic (exact) mass is 544 g/mol. The van der Waals surface area contributed by atoms with Crippen LogP contribution in [0.1, 0.15) is 42.6 Å². The lowest BCUT2D eigenvalue weighted by Gasteiger charge is -2.28. The van der Waals surface area contributed by atoms with E-state index in [2.05, 4.69) is 0 Å². The van der Waals surface area contributed by atoms with E-state index < -0.39 is 51.5 Å². The number of ether oxygens (including phenoxy) is 1. The molecule has 0 aliphatic carbocycles. The molecular formula is C25H22Cl2F4N2O3. The van der Waals surface area contributed by atoms with Crippen LogP contribution in [0.15, 0.2) is 48.7 Å². The predicted molar refractivity (Wildman–Crippen MR) is 131 cm³/mol. The van der Waals surface area contributed by atoms with Crippen molar-refractivity contribution in [3.63, 3.8) is 0 Å². The first kappa shape index (κ1) is 27.5. The van der Waals surface area contributed by atoms with Gasteiger partial charge < -0.3 is 10.5 Å². The van der Waals surface area contributed by atoms with Gasteiger partial charge in [-0.2, -0.15) is 13.2 Å². The Hall–Kier alpha value is -3.04. The van der Waals surface area contributed by atoms with Gasteiger partial charge in [-0.15, -0.1) is 0 Å². The first-order valence-electron chi connectivity index (χ1n) is 10.6. The highest BCUT2D eigenvalue weighted by Gasteiger charge is 2.39. The van der Waals surface area contributed by atoms with E-state index in [-0.39, 0.29) is 5.56 Å². The van der Waals surface area contributed by atoms with Crippen molar-refractivity contribution in [2.75, 3.05) is 0 Å². The second-order valence-electron chi connectivity index (χ2n) is 9.20. The van der Waals surface area contributed by atoms with Gasteiger partial charge in [-0.3, -0.25) is 9.36 Å². The number of aromatic nitrogens is 1. The minimum absolute atomic E-state index is 0.310. The van der Waals surface area contributed by atoms with Crippen molar-refractivity contribution in [1.82, 2.24) is 4.57 Å². The summed E-state index contributed by atoms with van der Waals surface area (Å²) in [5.74, 6) is -3.61. The summed E-state index contributed by atoms with van der Waals surface area (Å²) < 4.78 is 61.3. The number of halogens is 6. The lowest BCUT2D eigenvalue weighted by atomic mass is 9.88. The summed E-state index contributed by atoms with van der Waals surface area (Å²) in [5, 5.41) is -0.462. The van der Waals surface area contributed by atoms with Crippen molar-refractivity contribution in [1.29, 1.82) is 0 Å². The van der Waals surface area contributed by atoms with E-state index in [0.29, 0.717) is 16.5 Å². The van der Waals surface area contributed by atoms with Gasteiger partial charge in [0.05, 0.1) is 21.5 Å². The number of hydrogen-bond acceptors (Lipinski definition) is 3. The molecule has 36 heavy (non-hydrogen) atoms. The maximum atomic E-state index is 13.8. The Kier molecular flexibility index (Phi) is 7.76. The van der Waals surface area contributed by atoms with Crippen molar-refractivity contribution in [3.8, 4) is 0 Å². The fraction of sp³-hybridized carbons (Fsp3) is 0.280. The van der Waals surface area contributed by atoms with Crippen molar-refractivity contribution in [2.24, 2.45) is 11.1 Å². The largest absolute Gasteiger partial charge is 0.436 e. The maximum absolute atomic E-state index is 13.8. The SMILES string of the molecule is CC(C)(C)C(OC(N)=O)C(=O)n1ccc2cc(/C=C/C(c3cc(Cl)c(F)c(Cl)c3)C(F)(F)F)ccc21. The molecule has 0 spiro atoms. The van der Waals surface area contributed by atoms with E-state index >= 15 is 0 Å². The third kappa shape index (κ3) is 6.02. The first-order chi connectivity index (χ1) is 16.6. The van der Waals surface area contributed by atoms with Gasteiger partial charge in [-0.1, -0.05) is 62.2 Å². The highest BCUT2D eigenvalue weighted by atomic mass is 35.5. The van der Waals surface area contributed by atoms with Crippen molar-refractivity contribution >= 4 is 52.2 Å². The van der Waals surface area contributed by atoms with Crippen LogP contribution in [0, 0.1) is 11.2 Å². The van der Waals surface area contributed by atoms with E-state index in [1.807, 2.05) is 0 Å². The van der Waals surface area contributed by atoms with Gasteiger partial charge in [0.2, 0.25) is 0 Å². The van der Waals surface area contributed by atoms with Gasteiger partial charge in [-0.05, 0) is 41.5 Å². The number of primary amides is 1. The van der Waals surface area contributed by atoms with Gasteiger partial charge in [0, 0.05) is 17.0 Å². The molecule has 1 aromatic heterocycles. The number of benzene rings is 2. The Morgan fingerprint density at radius 3 is 2.19 bits per heavy atom. The van der Waals surface area contributed by atoms with E-state index in [1.165, 1.54) is 22.9 Å². The summed E-state index contributed by atoms with van der Waals surface area (Å²) in [4.78, 5) is 24.4. The van der Waals surface area contributed by atoms with Crippen LogP contribution >= 0.6 is 23.2 Å². The normalized spacial score (nSPS) is 14.2. The molecule has 3 aromatic rings. The van der Waals surface area contributed by atoms with Crippen molar-refractivity contribution in [2.45, 2.75) is 39.0 Å². The molecular weight excluding hydrogens is 523 g/mol. The zero-order valence-electron chi connectivity index (χ0n) is 19.4. The number of carbonyl (C=O) groups is 2. The topological polar surface area (TPSA) is 74.3 Å². The third-order valence-corrected chi connectivity index (χ3v) is 5.95. The minimum atomic E-state index is -4.69. The van der Waals surface area contributed by atoms with E-state index in [4.69, 9.17) is 33.7 Å². The number of amides is 1.